The van der Waals surface area contributed by atoms with Crippen LogP contribution < -0.4 is 5.73 Å². The van der Waals surface area contributed by atoms with Crippen molar-refractivity contribution >= 4 is 45.5 Å². The first-order valence-corrected chi connectivity index (χ1v) is 13.0. The highest BCUT2D eigenvalue weighted by Crippen LogP contribution is 2.33. The van der Waals surface area contributed by atoms with E-state index in [-0.39, 0.29) is 23.4 Å². The number of benzene rings is 1. The molecule has 1 aliphatic heterocycles. The number of aromatic nitrogens is 2. The molecule has 0 spiro atoms. The van der Waals surface area contributed by atoms with E-state index in [0.717, 1.165) is 4.88 Å². The summed E-state index contributed by atoms with van der Waals surface area (Å²) in [6.45, 7) is 6.89. The number of halogens is 1. The van der Waals surface area contributed by atoms with Gasteiger partial charge in [-0.2, -0.15) is 0 Å². The first kappa shape index (κ1) is 26.8. The molecule has 4 aromatic rings. The fourth-order valence-corrected chi connectivity index (χ4v) is 5.33. The molecule has 37 heavy (non-hydrogen) atoms. The normalized spacial score (nSPS) is 14.6. The SMILES string of the molecule is CC(C)N1CCC(N)CC1.O=C(O)c1cc2cccc([N+](=O)[O-])c2n1Cc1cc(-c2ccc(Cl)s2)on1. The lowest BCUT2D eigenvalue weighted by molar-refractivity contribution is -0.383. The Morgan fingerprint density at radius 2 is 2.03 bits per heavy atom. The lowest BCUT2D eigenvalue weighted by Gasteiger charge is -2.32. The number of para-hydroxylation sites is 1. The van der Waals surface area contributed by atoms with Gasteiger partial charge in [0.2, 0.25) is 0 Å². The molecule has 3 aromatic heterocycles. The number of nitrogens with zero attached hydrogens (tertiary/aromatic N) is 4. The molecule has 0 unspecified atom stereocenters. The zero-order valence-corrected chi connectivity index (χ0v) is 22.0. The van der Waals surface area contributed by atoms with Crippen LogP contribution in [-0.4, -0.2) is 55.8 Å². The topological polar surface area (TPSA) is 141 Å². The smallest absolute Gasteiger partial charge is 0.352 e. The average Bonchev–Trinajstić information content (AvgIpc) is 3.58. The van der Waals surface area contributed by atoms with E-state index < -0.39 is 10.9 Å². The van der Waals surface area contributed by atoms with Crippen molar-refractivity contribution in [3.8, 4) is 10.6 Å². The van der Waals surface area contributed by atoms with Crippen LogP contribution in [0, 0.1) is 10.1 Å². The van der Waals surface area contributed by atoms with Crippen molar-refractivity contribution in [2.45, 2.75) is 45.3 Å². The number of nitro benzene ring substituents is 1. The van der Waals surface area contributed by atoms with E-state index in [1.165, 1.54) is 60.0 Å². The molecular weight excluding hydrogens is 518 g/mol. The average molecular weight is 546 g/mol. The summed E-state index contributed by atoms with van der Waals surface area (Å²) in [5, 5.41) is 25.3. The molecule has 1 saturated heterocycles. The predicted molar refractivity (Wildman–Crippen MR) is 143 cm³/mol. The van der Waals surface area contributed by atoms with E-state index in [9.17, 15) is 20.0 Å². The number of aromatic carboxylic acids is 1. The second kappa shape index (κ2) is 11.4. The molecule has 0 aliphatic carbocycles. The summed E-state index contributed by atoms with van der Waals surface area (Å²) in [5.41, 5.74) is 6.19. The van der Waals surface area contributed by atoms with Crippen molar-refractivity contribution in [2.24, 2.45) is 5.73 Å². The number of hydrogen-bond donors (Lipinski definition) is 2. The molecule has 1 aliphatic rings. The van der Waals surface area contributed by atoms with Gasteiger partial charge in [-0.15, -0.1) is 11.3 Å². The van der Waals surface area contributed by atoms with Crippen molar-refractivity contribution in [1.29, 1.82) is 0 Å². The molecule has 0 radical (unpaired) electrons. The maximum absolute atomic E-state index is 11.6. The molecule has 10 nitrogen and oxygen atoms in total. The van der Waals surface area contributed by atoms with Crippen LogP contribution >= 0.6 is 22.9 Å². The first-order valence-electron chi connectivity index (χ1n) is 11.8. The highest BCUT2D eigenvalue weighted by molar-refractivity contribution is 7.19. The third-order valence-corrected chi connectivity index (χ3v) is 7.56. The molecule has 1 aromatic carbocycles. The highest BCUT2D eigenvalue weighted by Gasteiger charge is 2.23. The first-order chi connectivity index (χ1) is 17.6. The summed E-state index contributed by atoms with van der Waals surface area (Å²) >= 11 is 7.24. The van der Waals surface area contributed by atoms with Crippen LogP contribution in [0.1, 0.15) is 42.9 Å². The fraction of sp³-hybridized carbons (Fsp3) is 0.360. The van der Waals surface area contributed by atoms with Crippen molar-refractivity contribution in [3.63, 3.8) is 0 Å². The number of fused-ring (bicyclic) bond motifs is 1. The van der Waals surface area contributed by atoms with Crippen LogP contribution in [0.25, 0.3) is 21.5 Å². The fourth-order valence-electron chi connectivity index (χ4n) is 4.34. The molecule has 12 heteroatoms. The van der Waals surface area contributed by atoms with Crippen LogP contribution in [0.4, 0.5) is 5.69 Å². The number of non-ortho nitro benzene ring substituents is 1. The van der Waals surface area contributed by atoms with Gasteiger partial charge in [0.05, 0.1) is 20.7 Å². The molecular formula is C25H28ClN5O5S. The number of rotatable bonds is 6. The molecule has 0 amide bonds. The van der Waals surface area contributed by atoms with Crippen molar-refractivity contribution in [2.75, 3.05) is 13.1 Å². The number of hydrogen-bond acceptors (Lipinski definition) is 8. The van der Waals surface area contributed by atoms with Crippen LogP contribution in [-0.2, 0) is 6.54 Å². The molecule has 196 valence electrons. The zero-order valence-electron chi connectivity index (χ0n) is 20.5. The monoisotopic (exact) mass is 545 g/mol. The summed E-state index contributed by atoms with van der Waals surface area (Å²) in [6.07, 6.45) is 2.36. The number of nitrogens with two attached hydrogens (primary N) is 1. The Balaban J connectivity index is 0.000000270. The summed E-state index contributed by atoms with van der Waals surface area (Å²) in [6, 6.07) is 12.2. The number of likely N-dealkylation sites (tertiary alicyclic amines) is 1. The number of carbonyl (C=O) groups is 1. The summed E-state index contributed by atoms with van der Waals surface area (Å²) in [7, 11) is 0. The minimum atomic E-state index is -1.19. The number of carboxylic acid groups (broad SMARTS) is 1. The molecule has 0 saturated carbocycles. The molecule has 0 atom stereocenters. The van der Waals surface area contributed by atoms with E-state index in [2.05, 4.69) is 23.9 Å². The third-order valence-electron chi connectivity index (χ3n) is 6.31. The van der Waals surface area contributed by atoms with Gasteiger partial charge in [-0.1, -0.05) is 28.9 Å². The largest absolute Gasteiger partial charge is 0.477 e. The Kier molecular flexibility index (Phi) is 8.28. The molecule has 0 bridgehead atoms. The quantitative estimate of drug-likeness (QED) is 0.239. The number of carboxylic acids is 1. The number of nitro groups is 1. The van der Waals surface area contributed by atoms with Gasteiger partial charge in [-0.05, 0) is 58.0 Å². The Morgan fingerprint density at radius 3 is 2.62 bits per heavy atom. The van der Waals surface area contributed by atoms with Crippen molar-refractivity contribution in [1.82, 2.24) is 14.6 Å². The van der Waals surface area contributed by atoms with Gasteiger partial charge in [0.1, 0.15) is 16.9 Å². The van der Waals surface area contributed by atoms with Crippen LogP contribution in [0.5, 0.6) is 0 Å². The van der Waals surface area contributed by atoms with Crippen LogP contribution in [0.15, 0.2) is 47.0 Å². The maximum Gasteiger partial charge on any atom is 0.352 e. The van der Waals surface area contributed by atoms with E-state index in [0.29, 0.717) is 33.3 Å². The van der Waals surface area contributed by atoms with E-state index >= 15 is 0 Å². The number of thiophene rings is 1. The maximum atomic E-state index is 11.6. The van der Waals surface area contributed by atoms with Gasteiger partial charge in [-0.25, -0.2) is 4.79 Å². The minimum absolute atomic E-state index is 0.0125. The van der Waals surface area contributed by atoms with Gasteiger partial charge in [0.15, 0.2) is 5.76 Å². The Hall–Kier alpha value is -3.25. The third kappa shape index (κ3) is 6.19. The Labute approximate surface area is 222 Å². The molecule has 4 heterocycles. The van der Waals surface area contributed by atoms with Crippen LogP contribution in [0.3, 0.4) is 0 Å². The van der Waals surface area contributed by atoms with E-state index in [1.54, 1.807) is 24.3 Å². The highest BCUT2D eigenvalue weighted by atomic mass is 35.5. The van der Waals surface area contributed by atoms with Crippen molar-refractivity contribution < 1.29 is 19.3 Å². The van der Waals surface area contributed by atoms with Gasteiger partial charge in [0.25, 0.3) is 5.69 Å². The second-order valence-electron chi connectivity index (χ2n) is 9.15. The molecule has 5 rings (SSSR count). The second-order valence-corrected chi connectivity index (χ2v) is 10.9. The summed E-state index contributed by atoms with van der Waals surface area (Å²) in [4.78, 5) is 25.8. The number of piperidine rings is 1. The van der Waals surface area contributed by atoms with E-state index in [4.69, 9.17) is 21.9 Å². The van der Waals surface area contributed by atoms with Gasteiger partial charge >= 0.3 is 5.97 Å². The van der Waals surface area contributed by atoms with Crippen LogP contribution in [0.2, 0.25) is 4.34 Å². The Morgan fingerprint density at radius 1 is 1.30 bits per heavy atom. The Bertz CT molecular complexity index is 1400. The zero-order chi connectivity index (χ0) is 26.7. The lowest BCUT2D eigenvalue weighted by atomic mass is 10.1. The van der Waals surface area contributed by atoms with Gasteiger partial charge in [-0.3, -0.25) is 10.1 Å². The molecule has 3 N–H and O–H groups in total. The molecule has 1 fully saturated rings. The van der Waals surface area contributed by atoms with Crippen molar-refractivity contribution in [3.05, 3.63) is 68.3 Å². The minimum Gasteiger partial charge on any atom is -0.477 e. The van der Waals surface area contributed by atoms with Gasteiger partial charge < -0.3 is 24.8 Å². The lowest BCUT2D eigenvalue weighted by Crippen LogP contribution is -2.42. The summed E-state index contributed by atoms with van der Waals surface area (Å²) in [5.74, 6) is -0.695. The van der Waals surface area contributed by atoms with E-state index in [1.807, 2.05) is 0 Å². The standard InChI is InChI=1S/C17H10ClN3O5S.C8H18N2/c18-15-5-4-14(27-15)13-7-10(19-26-13)8-20-12(17(22)23)6-9-2-1-3-11(16(9)20)21(24)25;1-7(2)10-5-3-8(9)4-6-10/h1-7H,8H2,(H,22,23);7-8H,3-6,9H2,1-2H3. The predicted octanol–water partition coefficient (Wildman–Crippen LogP) is 5.48. The van der Waals surface area contributed by atoms with Gasteiger partial charge in [0, 0.05) is 29.6 Å². The summed E-state index contributed by atoms with van der Waals surface area (Å²) < 4.78 is 7.27.